The van der Waals surface area contributed by atoms with Gasteiger partial charge in [0.25, 0.3) is 0 Å². The number of likely N-dealkylation sites (tertiary alicyclic amines) is 2. The van der Waals surface area contributed by atoms with Crippen LogP contribution in [0.1, 0.15) is 58.8 Å². The summed E-state index contributed by atoms with van der Waals surface area (Å²) in [6.07, 6.45) is 9.22. The highest BCUT2D eigenvalue weighted by Gasteiger charge is 2.33. The van der Waals surface area contributed by atoms with Gasteiger partial charge in [-0.1, -0.05) is 0 Å². The zero-order chi connectivity index (χ0) is 24.2. The maximum Gasteiger partial charge on any atom is 0.673 e. The Morgan fingerprint density at radius 2 is 0.968 bits per heavy atom. The SMILES string of the molecule is CC[N+]1(CCC(O)C[N+]2(CC)CCCCC2)CCCCC1.F[B-](F)(F)F.F[B-](F)(F)F. The zero-order valence-electron chi connectivity index (χ0n) is 18.7. The van der Waals surface area contributed by atoms with E-state index in [-0.39, 0.29) is 6.10 Å². The minimum atomic E-state index is -6.00. The van der Waals surface area contributed by atoms with Crippen LogP contribution in [0.25, 0.3) is 0 Å². The van der Waals surface area contributed by atoms with Crippen molar-refractivity contribution in [3.05, 3.63) is 0 Å². The molecule has 1 unspecified atom stereocenters. The van der Waals surface area contributed by atoms with Gasteiger partial charge >= 0.3 is 14.5 Å². The van der Waals surface area contributed by atoms with Gasteiger partial charge in [0.2, 0.25) is 0 Å². The van der Waals surface area contributed by atoms with Gasteiger partial charge in [-0.05, 0) is 52.4 Å². The Morgan fingerprint density at radius 3 is 1.29 bits per heavy atom. The number of piperidine rings is 2. The number of hydrogen-bond donors (Lipinski definition) is 1. The Hall–Kier alpha value is -0.550. The molecule has 188 valence electrons. The second-order valence-electron chi connectivity index (χ2n) is 8.67. The molecule has 0 bridgehead atoms. The van der Waals surface area contributed by atoms with Crippen molar-refractivity contribution in [2.75, 3.05) is 52.4 Å². The molecule has 2 saturated heterocycles. The first-order valence-electron chi connectivity index (χ1n) is 11.3. The Labute approximate surface area is 181 Å². The molecule has 0 radical (unpaired) electrons. The normalized spacial score (nSPS) is 21.8. The predicted molar refractivity (Wildman–Crippen MR) is 110 cm³/mol. The summed E-state index contributed by atoms with van der Waals surface area (Å²) < 4.78 is 80.4. The van der Waals surface area contributed by atoms with Gasteiger partial charge in [-0.25, -0.2) is 0 Å². The van der Waals surface area contributed by atoms with Gasteiger partial charge in [0.1, 0.15) is 12.6 Å². The minimum absolute atomic E-state index is 0.0912. The number of quaternary nitrogens is 2. The number of aliphatic hydroxyl groups excluding tert-OH is 1. The zero-order valence-corrected chi connectivity index (χ0v) is 18.7. The van der Waals surface area contributed by atoms with Crippen molar-refractivity contribution in [1.82, 2.24) is 0 Å². The van der Waals surface area contributed by atoms with E-state index in [1.165, 1.54) is 93.3 Å². The molecule has 1 atom stereocenters. The maximum absolute atomic E-state index is 10.6. The fourth-order valence-corrected chi connectivity index (χ4v) is 4.65. The average molecular weight is 472 g/mol. The molecule has 1 N–H and O–H groups in total. The molecule has 2 aliphatic rings. The van der Waals surface area contributed by atoms with Crippen molar-refractivity contribution in [3.63, 3.8) is 0 Å². The standard InChI is InChI=1S/C18H38N2O.2BF4/c1-3-19(12-7-5-8-13-19)16-11-18(21)17-20(4-2)14-9-6-10-15-20;2*2-1(3,4)5/h18,21H,3-17H2,1-2H3;;/q+2;2*-1. The summed E-state index contributed by atoms with van der Waals surface area (Å²) in [5.74, 6) is 0. The number of rotatable bonds is 7. The third kappa shape index (κ3) is 16.7. The van der Waals surface area contributed by atoms with Gasteiger partial charge in [-0.2, -0.15) is 0 Å². The highest BCUT2D eigenvalue weighted by molar-refractivity contribution is 6.50. The van der Waals surface area contributed by atoms with Crippen LogP contribution in [0.4, 0.5) is 34.5 Å². The summed E-state index contributed by atoms with van der Waals surface area (Å²) in [5, 5.41) is 10.6. The Morgan fingerprint density at radius 1 is 0.645 bits per heavy atom. The van der Waals surface area contributed by atoms with E-state index >= 15 is 0 Å². The van der Waals surface area contributed by atoms with Crippen LogP contribution in [0.15, 0.2) is 0 Å². The lowest BCUT2D eigenvalue weighted by atomic mass is 10.0. The second-order valence-corrected chi connectivity index (χ2v) is 8.67. The van der Waals surface area contributed by atoms with Gasteiger partial charge in [-0.15, -0.1) is 0 Å². The highest BCUT2D eigenvalue weighted by Crippen LogP contribution is 2.22. The van der Waals surface area contributed by atoms with E-state index in [4.69, 9.17) is 0 Å². The summed E-state index contributed by atoms with van der Waals surface area (Å²) in [6.45, 7) is 14.6. The largest absolute Gasteiger partial charge is 0.673 e. The fraction of sp³-hybridized carbons (Fsp3) is 1.00. The molecule has 2 aliphatic heterocycles. The van der Waals surface area contributed by atoms with Crippen LogP contribution in [-0.4, -0.2) is 87.0 Å². The third-order valence-corrected chi connectivity index (χ3v) is 6.41. The first-order chi connectivity index (χ1) is 14.1. The fourth-order valence-electron chi connectivity index (χ4n) is 4.65. The van der Waals surface area contributed by atoms with Crippen LogP contribution in [-0.2, 0) is 0 Å². The van der Waals surface area contributed by atoms with E-state index in [1.807, 2.05) is 0 Å². The molecule has 0 aromatic rings. The lowest BCUT2D eigenvalue weighted by Gasteiger charge is -2.44. The van der Waals surface area contributed by atoms with Gasteiger partial charge in [0.15, 0.2) is 0 Å². The molecule has 0 saturated carbocycles. The molecule has 0 spiro atoms. The molecule has 3 nitrogen and oxygen atoms in total. The number of nitrogens with zero attached hydrogens (tertiary/aromatic N) is 2. The van der Waals surface area contributed by atoms with E-state index < -0.39 is 14.5 Å². The molecule has 0 aliphatic carbocycles. The molecule has 2 fully saturated rings. The first kappa shape index (κ1) is 30.4. The van der Waals surface area contributed by atoms with E-state index in [1.54, 1.807) is 0 Å². The van der Waals surface area contributed by atoms with Crippen LogP contribution in [0.3, 0.4) is 0 Å². The van der Waals surface area contributed by atoms with Crippen LogP contribution in [0.5, 0.6) is 0 Å². The third-order valence-electron chi connectivity index (χ3n) is 6.41. The van der Waals surface area contributed by atoms with Gasteiger partial charge in [-0.3, -0.25) is 0 Å². The van der Waals surface area contributed by atoms with E-state index in [0.717, 1.165) is 13.0 Å². The Kier molecular flexibility index (Phi) is 13.6. The van der Waals surface area contributed by atoms with E-state index in [2.05, 4.69) is 13.8 Å². The molecule has 0 aromatic carbocycles. The topological polar surface area (TPSA) is 20.2 Å². The summed E-state index contributed by atoms with van der Waals surface area (Å²) in [6, 6.07) is 0. The van der Waals surface area contributed by atoms with Gasteiger partial charge in [0, 0.05) is 6.42 Å². The van der Waals surface area contributed by atoms with Crippen molar-refractivity contribution in [3.8, 4) is 0 Å². The summed E-state index contributed by atoms with van der Waals surface area (Å²) in [5.41, 5.74) is 0. The monoisotopic (exact) mass is 472 g/mol. The van der Waals surface area contributed by atoms with Crippen molar-refractivity contribution in [2.24, 2.45) is 0 Å². The number of halogens is 8. The van der Waals surface area contributed by atoms with Crippen LogP contribution in [0.2, 0.25) is 0 Å². The Bertz CT molecular complexity index is 444. The van der Waals surface area contributed by atoms with E-state index in [9.17, 15) is 39.6 Å². The van der Waals surface area contributed by atoms with E-state index in [0.29, 0.717) is 0 Å². The van der Waals surface area contributed by atoms with Gasteiger partial charge < -0.3 is 48.6 Å². The quantitative estimate of drug-likeness (QED) is 0.300. The maximum atomic E-state index is 10.6. The Balaban J connectivity index is 0.000000752. The second kappa shape index (κ2) is 13.9. The first-order valence-corrected chi connectivity index (χ1v) is 11.3. The van der Waals surface area contributed by atoms with Gasteiger partial charge in [0.05, 0.1) is 45.8 Å². The molecule has 13 heteroatoms. The number of likely N-dealkylation sites (N-methyl/N-ethyl adjacent to an activating group) is 1. The predicted octanol–water partition coefficient (Wildman–Crippen LogP) is 5.38. The van der Waals surface area contributed by atoms with Crippen molar-refractivity contribution >= 4 is 14.5 Å². The summed E-state index contributed by atoms with van der Waals surface area (Å²) in [7, 11) is -12.0. The highest BCUT2D eigenvalue weighted by atomic mass is 19.5. The minimum Gasteiger partial charge on any atom is -0.418 e. The number of hydrogen-bond acceptors (Lipinski definition) is 1. The van der Waals surface area contributed by atoms with Crippen LogP contribution < -0.4 is 0 Å². The molecular formula is C18H38B2F8N2O. The summed E-state index contributed by atoms with van der Waals surface area (Å²) in [4.78, 5) is 0. The lowest BCUT2D eigenvalue weighted by Crippen LogP contribution is -2.56. The number of aliphatic hydroxyl groups is 1. The van der Waals surface area contributed by atoms with Crippen LogP contribution in [0, 0.1) is 0 Å². The smallest absolute Gasteiger partial charge is 0.418 e. The van der Waals surface area contributed by atoms with Crippen molar-refractivity contribution in [2.45, 2.75) is 64.9 Å². The molecule has 2 rings (SSSR count). The molecule has 2 heterocycles. The van der Waals surface area contributed by atoms with Crippen molar-refractivity contribution < 1.29 is 48.6 Å². The summed E-state index contributed by atoms with van der Waals surface area (Å²) >= 11 is 0. The van der Waals surface area contributed by atoms with Crippen LogP contribution >= 0.6 is 0 Å². The molecular weight excluding hydrogens is 434 g/mol. The molecule has 31 heavy (non-hydrogen) atoms. The average Bonchev–Trinajstić information content (AvgIpc) is 2.65. The lowest BCUT2D eigenvalue weighted by molar-refractivity contribution is -0.939. The molecule has 0 amide bonds. The van der Waals surface area contributed by atoms with Crippen molar-refractivity contribution in [1.29, 1.82) is 0 Å². The molecule has 0 aromatic heterocycles.